The number of nitrogens with two attached hydrogens (primary N) is 1. The van der Waals surface area contributed by atoms with Crippen LogP contribution in [0.15, 0.2) is 54.6 Å². The maximum Gasteiger partial charge on any atom is 0.248 e. The summed E-state index contributed by atoms with van der Waals surface area (Å²) in [5.74, 6) is 0.463. The van der Waals surface area contributed by atoms with Gasteiger partial charge in [-0.1, -0.05) is 42.5 Å². The monoisotopic (exact) mass is 350 g/mol. The number of nitrogens with zero attached hydrogens (tertiary/aromatic N) is 1. The van der Waals surface area contributed by atoms with Gasteiger partial charge in [0.2, 0.25) is 11.8 Å². The number of primary amides is 1. The molecular formula is C22H26N2O2. The van der Waals surface area contributed by atoms with Gasteiger partial charge in [-0.05, 0) is 54.9 Å². The second kappa shape index (κ2) is 8.65. The predicted molar refractivity (Wildman–Crippen MR) is 103 cm³/mol. The van der Waals surface area contributed by atoms with Gasteiger partial charge in [-0.15, -0.1) is 0 Å². The van der Waals surface area contributed by atoms with E-state index in [1.165, 1.54) is 11.1 Å². The van der Waals surface area contributed by atoms with Crippen molar-refractivity contribution in [2.75, 3.05) is 13.1 Å². The fraction of sp³-hybridized carbons (Fsp3) is 0.364. The first-order valence-corrected chi connectivity index (χ1v) is 9.32. The van der Waals surface area contributed by atoms with Crippen LogP contribution in [0.3, 0.4) is 0 Å². The van der Waals surface area contributed by atoms with Gasteiger partial charge in [0.05, 0.1) is 0 Å². The molecule has 2 amide bonds. The van der Waals surface area contributed by atoms with Crippen molar-refractivity contribution in [1.82, 2.24) is 4.90 Å². The SMILES string of the molecule is NC(=O)c1ccc(CC2CCN(C(=O)CCc3ccccc3)CC2)cc1. The zero-order chi connectivity index (χ0) is 18.4. The zero-order valence-corrected chi connectivity index (χ0v) is 15.1. The van der Waals surface area contributed by atoms with Crippen molar-refractivity contribution >= 4 is 11.8 Å². The highest BCUT2D eigenvalue weighted by atomic mass is 16.2. The third-order valence-corrected chi connectivity index (χ3v) is 5.20. The summed E-state index contributed by atoms with van der Waals surface area (Å²) < 4.78 is 0. The van der Waals surface area contributed by atoms with Crippen molar-refractivity contribution < 1.29 is 9.59 Å². The van der Waals surface area contributed by atoms with Crippen molar-refractivity contribution in [2.45, 2.75) is 32.1 Å². The molecule has 1 heterocycles. The van der Waals surface area contributed by atoms with Gasteiger partial charge in [0, 0.05) is 25.1 Å². The Morgan fingerprint density at radius 2 is 1.58 bits per heavy atom. The Bertz CT molecular complexity index is 732. The number of carbonyl (C=O) groups excluding carboxylic acids is 2. The molecule has 1 fully saturated rings. The molecule has 0 radical (unpaired) electrons. The molecule has 4 nitrogen and oxygen atoms in total. The minimum absolute atomic E-state index is 0.262. The largest absolute Gasteiger partial charge is 0.366 e. The van der Waals surface area contributed by atoms with Gasteiger partial charge in [-0.25, -0.2) is 0 Å². The lowest BCUT2D eigenvalue weighted by Gasteiger charge is -2.32. The van der Waals surface area contributed by atoms with E-state index in [0.29, 0.717) is 17.9 Å². The van der Waals surface area contributed by atoms with Crippen molar-refractivity contribution in [1.29, 1.82) is 0 Å². The molecule has 4 heteroatoms. The summed E-state index contributed by atoms with van der Waals surface area (Å²) in [5, 5.41) is 0. The number of hydrogen-bond acceptors (Lipinski definition) is 2. The third kappa shape index (κ3) is 4.94. The van der Waals surface area contributed by atoms with Crippen LogP contribution in [0.1, 0.15) is 40.7 Å². The van der Waals surface area contributed by atoms with Crippen LogP contribution in [0.25, 0.3) is 0 Å². The Labute approximate surface area is 155 Å². The first-order valence-electron chi connectivity index (χ1n) is 9.32. The van der Waals surface area contributed by atoms with Gasteiger partial charge in [0.25, 0.3) is 0 Å². The molecule has 0 unspecified atom stereocenters. The van der Waals surface area contributed by atoms with E-state index in [4.69, 9.17) is 5.73 Å². The molecule has 2 aromatic rings. The molecular weight excluding hydrogens is 324 g/mol. The Kier molecular flexibility index (Phi) is 6.05. The number of amides is 2. The topological polar surface area (TPSA) is 63.4 Å². The fourth-order valence-electron chi connectivity index (χ4n) is 3.58. The van der Waals surface area contributed by atoms with Crippen LogP contribution in [0.4, 0.5) is 0 Å². The summed E-state index contributed by atoms with van der Waals surface area (Å²) in [6, 6.07) is 17.7. The van der Waals surface area contributed by atoms with E-state index in [2.05, 4.69) is 12.1 Å². The van der Waals surface area contributed by atoms with Crippen molar-refractivity contribution in [3.05, 3.63) is 71.3 Å². The van der Waals surface area contributed by atoms with Crippen LogP contribution < -0.4 is 5.73 Å². The van der Waals surface area contributed by atoms with Crippen LogP contribution in [0, 0.1) is 5.92 Å². The normalized spacial score (nSPS) is 15.0. The number of piperidine rings is 1. The molecule has 0 aliphatic carbocycles. The van der Waals surface area contributed by atoms with E-state index in [-0.39, 0.29) is 11.8 Å². The highest BCUT2D eigenvalue weighted by Crippen LogP contribution is 2.22. The lowest BCUT2D eigenvalue weighted by molar-refractivity contribution is -0.132. The van der Waals surface area contributed by atoms with Gasteiger partial charge in [0.1, 0.15) is 0 Å². The maximum atomic E-state index is 12.4. The predicted octanol–water partition coefficient (Wildman–Crippen LogP) is 3.20. The second-order valence-corrected chi connectivity index (χ2v) is 7.08. The average molecular weight is 350 g/mol. The average Bonchev–Trinajstić information content (AvgIpc) is 2.68. The van der Waals surface area contributed by atoms with Gasteiger partial charge < -0.3 is 10.6 Å². The van der Waals surface area contributed by atoms with Gasteiger partial charge in [0.15, 0.2) is 0 Å². The Morgan fingerprint density at radius 3 is 2.19 bits per heavy atom. The van der Waals surface area contributed by atoms with E-state index in [9.17, 15) is 9.59 Å². The molecule has 0 saturated carbocycles. The van der Waals surface area contributed by atoms with E-state index in [0.717, 1.165) is 38.8 Å². The fourth-order valence-corrected chi connectivity index (χ4v) is 3.58. The lowest BCUT2D eigenvalue weighted by atomic mass is 9.89. The molecule has 136 valence electrons. The number of hydrogen-bond donors (Lipinski definition) is 1. The molecule has 0 atom stereocenters. The first kappa shape index (κ1) is 18.2. The molecule has 0 bridgehead atoms. The Balaban J connectivity index is 1.43. The summed E-state index contributed by atoms with van der Waals surface area (Å²) >= 11 is 0. The molecule has 26 heavy (non-hydrogen) atoms. The smallest absolute Gasteiger partial charge is 0.248 e. The minimum Gasteiger partial charge on any atom is -0.366 e. The number of likely N-dealkylation sites (tertiary alicyclic amines) is 1. The molecule has 0 aromatic heterocycles. The van der Waals surface area contributed by atoms with Crippen LogP contribution in [-0.4, -0.2) is 29.8 Å². The van der Waals surface area contributed by atoms with Gasteiger partial charge in [-0.3, -0.25) is 9.59 Å². The molecule has 2 N–H and O–H groups in total. The number of rotatable bonds is 6. The number of aryl methyl sites for hydroxylation is 1. The molecule has 0 spiro atoms. The highest BCUT2D eigenvalue weighted by Gasteiger charge is 2.22. The molecule has 1 aliphatic rings. The Morgan fingerprint density at radius 1 is 0.923 bits per heavy atom. The number of benzene rings is 2. The van der Waals surface area contributed by atoms with E-state index in [1.54, 1.807) is 12.1 Å². The summed E-state index contributed by atoms with van der Waals surface area (Å²) in [6.45, 7) is 1.69. The lowest BCUT2D eigenvalue weighted by Crippen LogP contribution is -2.39. The standard InChI is InChI=1S/C22H26N2O2/c23-22(26)20-9-6-18(7-10-20)16-19-12-14-24(15-13-19)21(25)11-8-17-4-2-1-3-5-17/h1-7,9-10,19H,8,11-16H2,(H2,23,26). The van der Waals surface area contributed by atoms with Crippen molar-refractivity contribution in [3.63, 3.8) is 0 Å². The third-order valence-electron chi connectivity index (χ3n) is 5.20. The maximum absolute atomic E-state index is 12.4. The van der Waals surface area contributed by atoms with Gasteiger partial charge in [-0.2, -0.15) is 0 Å². The first-order chi connectivity index (χ1) is 12.6. The summed E-state index contributed by atoms with van der Waals surface area (Å²) in [6.07, 6.45) is 4.46. The summed E-state index contributed by atoms with van der Waals surface area (Å²) in [4.78, 5) is 25.6. The van der Waals surface area contributed by atoms with Crippen LogP contribution in [0.2, 0.25) is 0 Å². The van der Waals surface area contributed by atoms with Crippen LogP contribution >= 0.6 is 0 Å². The minimum atomic E-state index is -0.390. The van der Waals surface area contributed by atoms with Crippen LogP contribution in [-0.2, 0) is 17.6 Å². The molecule has 1 aliphatic heterocycles. The molecule has 3 rings (SSSR count). The molecule has 1 saturated heterocycles. The van der Waals surface area contributed by atoms with Gasteiger partial charge >= 0.3 is 0 Å². The van der Waals surface area contributed by atoms with E-state index in [1.807, 2.05) is 35.2 Å². The quantitative estimate of drug-likeness (QED) is 0.869. The second-order valence-electron chi connectivity index (χ2n) is 7.08. The van der Waals surface area contributed by atoms with Crippen LogP contribution in [0.5, 0.6) is 0 Å². The summed E-state index contributed by atoms with van der Waals surface area (Å²) in [5.41, 5.74) is 8.27. The van der Waals surface area contributed by atoms with E-state index < -0.39 is 0 Å². The molecule has 2 aromatic carbocycles. The van der Waals surface area contributed by atoms with E-state index >= 15 is 0 Å². The number of carbonyl (C=O) groups is 2. The Hall–Kier alpha value is -2.62. The zero-order valence-electron chi connectivity index (χ0n) is 15.1. The highest BCUT2D eigenvalue weighted by molar-refractivity contribution is 5.92. The van der Waals surface area contributed by atoms with Crippen molar-refractivity contribution in [3.8, 4) is 0 Å². The van der Waals surface area contributed by atoms with Crippen molar-refractivity contribution in [2.24, 2.45) is 11.7 Å². The summed E-state index contributed by atoms with van der Waals surface area (Å²) in [7, 11) is 0.